The summed E-state index contributed by atoms with van der Waals surface area (Å²) in [6.45, 7) is 11.2. The van der Waals surface area contributed by atoms with Crippen molar-refractivity contribution in [2.24, 2.45) is 11.3 Å². The number of carbonyl (C=O) groups excluding carboxylic acids is 1. The number of nitrogens with zero attached hydrogens (tertiary/aromatic N) is 2. The molecule has 1 aliphatic heterocycles. The molecule has 1 aliphatic rings. The van der Waals surface area contributed by atoms with Gasteiger partial charge in [0, 0.05) is 25.5 Å². The van der Waals surface area contributed by atoms with Gasteiger partial charge in [-0.2, -0.15) is 0 Å². The highest BCUT2D eigenvalue weighted by molar-refractivity contribution is 5.78. The van der Waals surface area contributed by atoms with Crippen molar-refractivity contribution in [2.45, 2.75) is 40.0 Å². The smallest absolute Gasteiger partial charge is 0.224 e. The zero-order valence-corrected chi connectivity index (χ0v) is 14.1. The second-order valence-corrected chi connectivity index (χ2v) is 7.62. The van der Waals surface area contributed by atoms with Gasteiger partial charge in [-0.25, -0.2) is 0 Å². The first-order chi connectivity index (χ1) is 10.4. The summed E-state index contributed by atoms with van der Waals surface area (Å²) in [6.07, 6.45) is 6.28. The van der Waals surface area contributed by atoms with E-state index in [9.17, 15) is 4.79 Å². The Morgan fingerprint density at radius 2 is 1.91 bits per heavy atom. The number of piperidine rings is 1. The molecule has 0 atom stereocenters. The summed E-state index contributed by atoms with van der Waals surface area (Å²) in [7, 11) is 0. The Balaban J connectivity index is 1.65. The van der Waals surface area contributed by atoms with Crippen LogP contribution in [0.4, 0.5) is 0 Å². The van der Waals surface area contributed by atoms with Crippen LogP contribution in [0.2, 0.25) is 0 Å². The second kappa shape index (κ2) is 7.73. The van der Waals surface area contributed by atoms with Gasteiger partial charge in [0.1, 0.15) is 0 Å². The summed E-state index contributed by atoms with van der Waals surface area (Å²) in [4.78, 5) is 18.5. The van der Waals surface area contributed by atoms with Crippen LogP contribution in [-0.4, -0.2) is 42.0 Å². The first-order valence-electron chi connectivity index (χ1n) is 8.30. The molecule has 1 saturated heterocycles. The van der Waals surface area contributed by atoms with E-state index in [0.29, 0.717) is 17.8 Å². The van der Waals surface area contributed by atoms with E-state index in [1.165, 1.54) is 12.8 Å². The average molecular weight is 303 g/mol. The quantitative estimate of drug-likeness (QED) is 0.909. The lowest BCUT2D eigenvalue weighted by atomic mass is 9.92. The Bertz CT molecular complexity index is 459. The van der Waals surface area contributed by atoms with E-state index >= 15 is 0 Å². The SMILES string of the molecule is CC(C)(C)CN1CCC(CNC(=O)Cc2ccncc2)CC1. The number of rotatable bonds is 5. The van der Waals surface area contributed by atoms with Crippen LogP contribution in [0.1, 0.15) is 39.2 Å². The standard InChI is InChI=1S/C18H29N3O/c1-18(2,3)14-21-10-6-16(7-11-21)13-20-17(22)12-15-4-8-19-9-5-15/h4-5,8-9,16H,6-7,10-14H2,1-3H3,(H,20,22). The van der Waals surface area contributed by atoms with E-state index < -0.39 is 0 Å². The molecule has 1 amide bonds. The molecule has 4 nitrogen and oxygen atoms in total. The number of likely N-dealkylation sites (tertiary alicyclic amines) is 1. The Morgan fingerprint density at radius 3 is 2.50 bits per heavy atom. The number of pyridine rings is 1. The van der Waals surface area contributed by atoms with Crippen LogP contribution in [0.3, 0.4) is 0 Å². The molecular weight excluding hydrogens is 274 g/mol. The summed E-state index contributed by atoms with van der Waals surface area (Å²) in [5, 5.41) is 3.09. The van der Waals surface area contributed by atoms with E-state index in [2.05, 4.69) is 36.0 Å². The molecule has 122 valence electrons. The summed E-state index contributed by atoms with van der Waals surface area (Å²) >= 11 is 0. The minimum atomic E-state index is 0.114. The van der Waals surface area contributed by atoms with E-state index in [4.69, 9.17) is 0 Å². The van der Waals surface area contributed by atoms with E-state index in [0.717, 1.165) is 31.7 Å². The molecule has 0 unspecified atom stereocenters. The topological polar surface area (TPSA) is 45.2 Å². The van der Waals surface area contributed by atoms with Gasteiger partial charge in [0.25, 0.3) is 0 Å². The second-order valence-electron chi connectivity index (χ2n) is 7.62. The van der Waals surface area contributed by atoms with Crippen LogP contribution in [-0.2, 0) is 11.2 Å². The highest BCUT2D eigenvalue weighted by atomic mass is 16.1. The van der Waals surface area contributed by atoms with Crippen molar-refractivity contribution in [1.29, 1.82) is 0 Å². The molecule has 1 aromatic rings. The summed E-state index contributed by atoms with van der Waals surface area (Å²) in [5.41, 5.74) is 1.39. The van der Waals surface area contributed by atoms with Gasteiger partial charge >= 0.3 is 0 Å². The van der Waals surface area contributed by atoms with Crippen molar-refractivity contribution in [3.63, 3.8) is 0 Å². The highest BCUT2D eigenvalue weighted by Crippen LogP contribution is 2.21. The first kappa shape index (κ1) is 16.9. The lowest BCUT2D eigenvalue weighted by Gasteiger charge is -2.36. The molecule has 0 radical (unpaired) electrons. The molecule has 2 rings (SSSR count). The highest BCUT2D eigenvalue weighted by Gasteiger charge is 2.23. The minimum Gasteiger partial charge on any atom is -0.356 e. The van der Waals surface area contributed by atoms with Crippen molar-refractivity contribution in [3.8, 4) is 0 Å². The van der Waals surface area contributed by atoms with Crippen LogP contribution in [0.5, 0.6) is 0 Å². The third-order valence-corrected chi connectivity index (χ3v) is 4.11. The van der Waals surface area contributed by atoms with Gasteiger partial charge in [-0.15, -0.1) is 0 Å². The Morgan fingerprint density at radius 1 is 1.27 bits per heavy atom. The van der Waals surface area contributed by atoms with Crippen LogP contribution < -0.4 is 5.32 Å². The molecule has 0 saturated carbocycles. The molecular formula is C18H29N3O. The number of hydrogen-bond donors (Lipinski definition) is 1. The molecule has 22 heavy (non-hydrogen) atoms. The molecule has 1 aromatic heterocycles. The largest absolute Gasteiger partial charge is 0.356 e. The zero-order valence-electron chi connectivity index (χ0n) is 14.1. The lowest BCUT2D eigenvalue weighted by molar-refractivity contribution is -0.120. The number of amides is 1. The van der Waals surface area contributed by atoms with Gasteiger partial charge in [0.15, 0.2) is 0 Å². The third-order valence-electron chi connectivity index (χ3n) is 4.11. The zero-order chi connectivity index (χ0) is 16.0. The van der Waals surface area contributed by atoms with Crippen LogP contribution in [0, 0.1) is 11.3 Å². The fraction of sp³-hybridized carbons (Fsp3) is 0.667. The fourth-order valence-electron chi connectivity index (χ4n) is 3.03. The maximum atomic E-state index is 12.0. The third kappa shape index (κ3) is 6.14. The Labute approximate surface area is 134 Å². The average Bonchev–Trinajstić information content (AvgIpc) is 2.46. The van der Waals surface area contributed by atoms with Crippen molar-refractivity contribution in [3.05, 3.63) is 30.1 Å². The molecule has 2 heterocycles. The monoisotopic (exact) mass is 303 g/mol. The maximum absolute atomic E-state index is 12.0. The maximum Gasteiger partial charge on any atom is 0.224 e. The summed E-state index contributed by atoms with van der Waals surface area (Å²) < 4.78 is 0. The van der Waals surface area contributed by atoms with Crippen LogP contribution >= 0.6 is 0 Å². The van der Waals surface area contributed by atoms with Gasteiger partial charge in [-0.05, 0) is 55.0 Å². The van der Waals surface area contributed by atoms with Crippen molar-refractivity contribution in [2.75, 3.05) is 26.2 Å². The molecule has 0 bridgehead atoms. The lowest BCUT2D eigenvalue weighted by Crippen LogP contribution is -2.42. The normalized spacial score (nSPS) is 17.4. The molecule has 4 heteroatoms. The number of aromatic nitrogens is 1. The first-order valence-corrected chi connectivity index (χ1v) is 8.30. The molecule has 1 N–H and O–H groups in total. The number of carbonyl (C=O) groups is 1. The van der Waals surface area contributed by atoms with Crippen molar-refractivity contribution in [1.82, 2.24) is 15.2 Å². The Hall–Kier alpha value is -1.42. The van der Waals surface area contributed by atoms with Gasteiger partial charge in [-0.3, -0.25) is 9.78 Å². The van der Waals surface area contributed by atoms with Crippen LogP contribution in [0.15, 0.2) is 24.5 Å². The van der Waals surface area contributed by atoms with E-state index in [-0.39, 0.29) is 5.91 Å². The van der Waals surface area contributed by atoms with E-state index in [1.807, 2.05) is 12.1 Å². The van der Waals surface area contributed by atoms with Gasteiger partial charge in [0.2, 0.25) is 5.91 Å². The summed E-state index contributed by atoms with van der Waals surface area (Å²) in [5.74, 6) is 0.737. The minimum absolute atomic E-state index is 0.114. The fourth-order valence-corrected chi connectivity index (χ4v) is 3.03. The molecule has 0 spiro atoms. The molecule has 0 aromatic carbocycles. The van der Waals surface area contributed by atoms with Gasteiger partial charge in [0.05, 0.1) is 6.42 Å². The number of hydrogen-bond acceptors (Lipinski definition) is 3. The van der Waals surface area contributed by atoms with E-state index in [1.54, 1.807) is 12.4 Å². The van der Waals surface area contributed by atoms with Crippen LogP contribution in [0.25, 0.3) is 0 Å². The Kier molecular flexibility index (Phi) is 5.95. The predicted octanol–water partition coefficient (Wildman–Crippen LogP) is 2.50. The number of nitrogens with one attached hydrogen (secondary N) is 1. The summed E-state index contributed by atoms with van der Waals surface area (Å²) in [6, 6.07) is 3.79. The molecule has 1 fully saturated rings. The van der Waals surface area contributed by atoms with Gasteiger partial charge in [-0.1, -0.05) is 20.8 Å². The van der Waals surface area contributed by atoms with Crippen molar-refractivity contribution >= 4 is 5.91 Å². The van der Waals surface area contributed by atoms with Crippen molar-refractivity contribution < 1.29 is 4.79 Å². The van der Waals surface area contributed by atoms with Gasteiger partial charge < -0.3 is 10.2 Å². The predicted molar refractivity (Wildman–Crippen MR) is 89.6 cm³/mol. The molecule has 0 aliphatic carbocycles.